The molecule has 2 atom stereocenters. The first-order chi connectivity index (χ1) is 9.25. The van der Waals surface area contributed by atoms with Crippen LogP contribution in [0.2, 0.25) is 0 Å². The molecule has 1 aliphatic carbocycles. The van der Waals surface area contributed by atoms with Crippen molar-refractivity contribution in [1.82, 2.24) is 14.9 Å². The number of nitrogens with zero attached hydrogens (tertiary/aromatic N) is 3. The minimum Gasteiger partial charge on any atom is -0.382 e. The first-order valence-corrected chi connectivity index (χ1v) is 7.14. The van der Waals surface area contributed by atoms with E-state index < -0.39 is 0 Å². The molecule has 2 heterocycles. The van der Waals surface area contributed by atoms with E-state index in [1.54, 1.807) is 0 Å². The third-order valence-corrected chi connectivity index (χ3v) is 4.40. The Morgan fingerprint density at radius 1 is 1.16 bits per heavy atom. The number of nitrogens with two attached hydrogens (primary N) is 1. The van der Waals surface area contributed by atoms with Crippen LogP contribution in [0, 0.1) is 5.92 Å². The van der Waals surface area contributed by atoms with E-state index in [1.807, 2.05) is 4.90 Å². The molecule has 1 saturated heterocycles. The van der Waals surface area contributed by atoms with Crippen molar-refractivity contribution < 1.29 is 4.79 Å². The number of piperidine rings is 1. The Balaban J connectivity index is 1.79. The number of rotatable bonds is 1. The maximum Gasteiger partial charge on any atom is 0.274 e. The van der Waals surface area contributed by atoms with Gasteiger partial charge in [0.1, 0.15) is 11.5 Å². The molecule has 5 heteroatoms. The average molecular weight is 260 g/mol. The van der Waals surface area contributed by atoms with Gasteiger partial charge >= 0.3 is 0 Å². The molecular formula is C14H20N4O. The molecule has 1 amide bonds. The summed E-state index contributed by atoms with van der Waals surface area (Å²) >= 11 is 0. The predicted molar refractivity (Wildman–Crippen MR) is 72.5 cm³/mol. The molecule has 2 fully saturated rings. The number of carbonyl (C=O) groups excluding carboxylic acids is 1. The van der Waals surface area contributed by atoms with Crippen molar-refractivity contribution in [2.45, 2.75) is 44.6 Å². The van der Waals surface area contributed by atoms with Crippen molar-refractivity contribution in [1.29, 1.82) is 0 Å². The van der Waals surface area contributed by atoms with Crippen LogP contribution in [0.5, 0.6) is 0 Å². The summed E-state index contributed by atoms with van der Waals surface area (Å²) in [6.07, 6.45) is 10.3. The van der Waals surface area contributed by atoms with Gasteiger partial charge in [-0.1, -0.05) is 12.8 Å². The van der Waals surface area contributed by atoms with E-state index >= 15 is 0 Å². The lowest BCUT2D eigenvalue weighted by atomic mass is 9.78. The summed E-state index contributed by atoms with van der Waals surface area (Å²) in [6, 6.07) is 0.411. The van der Waals surface area contributed by atoms with Gasteiger partial charge in [-0.05, 0) is 31.6 Å². The van der Waals surface area contributed by atoms with Gasteiger partial charge in [-0.25, -0.2) is 9.97 Å². The van der Waals surface area contributed by atoms with Crippen LogP contribution in [0.15, 0.2) is 12.4 Å². The Kier molecular flexibility index (Phi) is 3.36. The maximum absolute atomic E-state index is 12.5. The molecule has 0 radical (unpaired) electrons. The first-order valence-electron chi connectivity index (χ1n) is 7.14. The normalized spacial score (nSPS) is 26.8. The molecular weight excluding hydrogens is 240 g/mol. The van der Waals surface area contributed by atoms with Crippen LogP contribution in [0.25, 0.3) is 0 Å². The Bertz CT molecular complexity index is 457. The number of fused-ring (bicyclic) bond motifs is 1. The minimum atomic E-state index is 0.0177. The summed E-state index contributed by atoms with van der Waals surface area (Å²) in [5.74, 6) is 1.06. The molecule has 0 spiro atoms. The van der Waals surface area contributed by atoms with Gasteiger partial charge in [0.15, 0.2) is 0 Å². The third-order valence-electron chi connectivity index (χ3n) is 4.40. The molecule has 0 unspecified atom stereocenters. The number of amides is 1. The van der Waals surface area contributed by atoms with Crippen LogP contribution in [0.4, 0.5) is 5.82 Å². The third kappa shape index (κ3) is 2.41. The second-order valence-corrected chi connectivity index (χ2v) is 5.58. The molecule has 0 bridgehead atoms. The van der Waals surface area contributed by atoms with Crippen molar-refractivity contribution in [3.8, 4) is 0 Å². The van der Waals surface area contributed by atoms with Gasteiger partial charge in [-0.2, -0.15) is 0 Å². The second kappa shape index (κ2) is 5.15. The molecule has 5 nitrogen and oxygen atoms in total. The van der Waals surface area contributed by atoms with Gasteiger partial charge in [0, 0.05) is 12.6 Å². The SMILES string of the molecule is Nc1cnc(C(=O)N2CCC[C@H]3CCCC[C@H]32)cn1. The van der Waals surface area contributed by atoms with E-state index in [0.717, 1.165) is 19.4 Å². The van der Waals surface area contributed by atoms with Crippen LogP contribution in [-0.4, -0.2) is 33.4 Å². The number of anilines is 1. The highest BCUT2D eigenvalue weighted by Gasteiger charge is 2.36. The Morgan fingerprint density at radius 2 is 1.95 bits per heavy atom. The van der Waals surface area contributed by atoms with Crippen LogP contribution in [0.3, 0.4) is 0 Å². The molecule has 1 aromatic rings. The fourth-order valence-corrected chi connectivity index (χ4v) is 3.47. The summed E-state index contributed by atoms with van der Waals surface area (Å²) in [6.45, 7) is 0.853. The summed E-state index contributed by atoms with van der Waals surface area (Å²) in [5, 5.41) is 0. The number of carbonyl (C=O) groups is 1. The van der Waals surface area contributed by atoms with E-state index in [2.05, 4.69) is 9.97 Å². The zero-order valence-corrected chi connectivity index (χ0v) is 11.1. The van der Waals surface area contributed by atoms with Crippen molar-refractivity contribution in [2.75, 3.05) is 12.3 Å². The summed E-state index contributed by atoms with van der Waals surface area (Å²) < 4.78 is 0. The molecule has 2 N–H and O–H groups in total. The van der Waals surface area contributed by atoms with Crippen molar-refractivity contribution in [3.63, 3.8) is 0 Å². The lowest BCUT2D eigenvalue weighted by molar-refractivity contribution is 0.0385. The molecule has 19 heavy (non-hydrogen) atoms. The molecule has 0 aromatic carbocycles. The number of likely N-dealkylation sites (tertiary alicyclic amines) is 1. The smallest absolute Gasteiger partial charge is 0.274 e. The van der Waals surface area contributed by atoms with E-state index in [-0.39, 0.29) is 5.91 Å². The van der Waals surface area contributed by atoms with Gasteiger partial charge in [0.25, 0.3) is 5.91 Å². The number of nitrogen functional groups attached to an aromatic ring is 1. The molecule has 2 aliphatic rings. The Morgan fingerprint density at radius 3 is 2.74 bits per heavy atom. The van der Waals surface area contributed by atoms with E-state index in [9.17, 15) is 4.79 Å². The average Bonchev–Trinajstić information content (AvgIpc) is 2.47. The van der Waals surface area contributed by atoms with E-state index in [1.165, 1.54) is 38.1 Å². The zero-order valence-electron chi connectivity index (χ0n) is 11.1. The topological polar surface area (TPSA) is 72.1 Å². The Hall–Kier alpha value is -1.65. The highest BCUT2D eigenvalue weighted by atomic mass is 16.2. The highest BCUT2D eigenvalue weighted by Crippen LogP contribution is 2.35. The fourth-order valence-electron chi connectivity index (χ4n) is 3.47. The summed E-state index contributed by atoms with van der Waals surface area (Å²) in [4.78, 5) is 22.6. The van der Waals surface area contributed by atoms with Crippen LogP contribution in [0.1, 0.15) is 49.0 Å². The van der Waals surface area contributed by atoms with Gasteiger partial charge < -0.3 is 10.6 Å². The molecule has 102 valence electrons. The van der Waals surface area contributed by atoms with Crippen molar-refractivity contribution in [3.05, 3.63) is 18.1 Å². The summed E-state index contributed by atoms with van der Waals surface area (Å²) in [7, 11) is 0. The zero-order chi connectivity index (χ0) is 13.2. The van der Waals surface area contributed by atoms with Gasteiger partial charge in [0.2, 0.25) is 0 Å². The lowest BCUT2D eigenvalue weighted by Gasteiger charge is -2.43. The first kappa shape index (κ1) is 12.4. The van der Waals surface area contributed by atoms with Gasteiger partial charge in [-0.15, -0.1) is 0 Å². The standard InChI is InChI=1S/C14H20N4O/c15-13-9-16-11(8-17-13)14(19)18-7-3-5-10-4-1-2-6-12(10)18/h8-10,12H,1-7H2,(H2,15,17)/t10-,12-/m1/s1. The highest BCUT2D eigenvalue weighted by molar-refractivity contribution is 5.92. The van der Waals surface area contributed by atoms with Crippen molar-refractivity contribution in [2.24, 2.45) is 5.92 Å². The lowest BCUT2D eigenvalue weighted by Crippen LogP contribution is -2.49. The molecule has 1 saturated carbocycles. The van der Waals surface area contributed by atoms with E-state index in [0.29, 0.717) is 23.5 Å². The van der Waals surface area contributed by atoms with Crippen LogP contribution < -0.4 is 5.73 Å². The molecule has 3 rings (SSSR count). The number of hydrogen-bond acceptors (Lipinski definition) is 4. The second-order valence-electron chi connectivity index (χ2n) is 5.58. The largest absolute Gasteiger partial charge is 0.382 e. The minimum absolute atomic E-state index is 0.0177. The maximum atomic E-state index is 12.5. The van der Waals surface area contributed by atoms with Crippen LogP contribution in [-0.2, 0) is 0 Å². The molecule has 1 aliphatic heterocycles. The summed E-state index contributed by atoms with van der Waals surface area (Å²) in [5.41, 5.74) is 5.93. The van der Waals surface area contributed by atoms with Crippen LogP contribution >= 0.6 is 0 Å². The van der Waals surface area contributed by atoms with Gasteiger partial charge in [0.05, 0.1) is 12.4 Å². The Labute approximate surface area is 113 Å². The van der Waals surface area contributed by atoms with E-state index in [4.69, 9.17) is 5.73 Å². The quantitative estimate of drug-likeness (QED) is 0.836. The fraction of sp³-hybridized carbons (Fsp3) is 0.643. The molecule has 1 aromatic heterocycles. The number of aromatic nitrogens is 2. The van der Waals surface area contributed by atoms with Crippen molar-refractivity contribution >= 4 is 11.7 Å². The van der Waals surface area contributed by atoms with Gasteiger partial charge in [-0.3, -0.25) is 4.79 Å². The number of hydrogen-bond donors (Lipinski definition) is 1. The predicted octanol–water partition coefficient (Wildman–Crippen LogP) is 1.85. The monoisotopic (exact) mass is 260 g/mol.